The average molecular weight is 156 g/mol. The highest BCUT2D eigenvalue weighted by atomic mass is 15.1. The topological polar surface area (TPSA) is 29.3 Å². The van der Waals surface area contributed by atoms with Crippen molar-refractivity contribution < 1.29 is 0 Å². The van der Waals surface area contributed by atoms with E-state index in [0.717, 1.165) is 6.54 Å². The number of nitrogens with two attached hydrogens (primary N) is 1. The molecule has 2 heteroatoms. The van der Waals surface area contributed by atoms with Gasteiger partial charge in [-0.15, -0.1) is 0 Å². The van der Waals surface area contributed by atoms with Gasteiger partial charge in [-0.2, -0.15) is 0 Å². The maximum Gasteiger partial charge on any atom is 0.00440 e. The maximum absolute atomic E-state index is 5.79. The molecule has 2 N–H and O–H groups in total. The predicted molar refractivity (Wildman–Crippen MR) is 48.5 cm³/mol. The van der Waals surface area contributed by atoms with Gasteiger partial charge < -0.3 is 10.6 Å². The molecule has 0 aromatic carbocycles. The van der Waals surface area contributed by atoms with Crippen molar-refractivity contribution in [2.75, 3.05) is 27.2 Å². The van der Waals surface area contributed by atoms with Gasteiger partial charge in [0.1, 0.15) is 0 Å². The Hall–Kier alpha value is -0.0800. The fourth-order valence-electron chi connectivity index (χ4n) is 2.22. The van der Waals surface area contributed by atoms with Crippen molar-refractivity contribution in [2.24, 2.45) is 11.1 Å². The van der Waals surface area contributed by atoms with Gasteiger partial charge in [0.25, 0.3) is 0 Å². The minimum atomic E-state index is 0.462. The summed E-state index contributed by atoms with van der Waals surface area (Å²) in [6.45, 7) is 2.04. The number of hydrogen-bond donors (Lipinski definition) is 1. The van der Waals surface area contributed by atoms with E-state index in [9.17, 15) is 0 Å². The van der Waals surface area contributed by atoms with Crippen LogP contribution in [0, 0.1) is 5.41 Å². The molecule has 1 rings (SSSR count). The molecule has 0 aromatic rings. The van der Waals surface area contributed by atoms with E-state index in [-0.39, 0.29) is 0 Å². The van der Waals surface area contributed by atoms with Crippen LogP contribution in [-0.4, -0.2) is 32.1 Å². The summed E-state index contributed by atoms with van der Waals surface area (Å²) in [6, 6.07) is 0. The second-order valence-electron chi connectivity index (χ2n) is 4.15. The van der Waals surface area contributed by atoms with Gasteiger partial charge >= 0.3 is 0 Å². The molecular formula is C9H20N2. The van der Waals surface area contributed by atoms with Crippen LogP contribution in [0.15, 0.2) is 0 Å². The summed E-state index contributed by atoms with van der Waals surface area (Å²) in [4.78, 5) is 2.26. The Bertz CT molecular complexity index is 115. The molecule has 0 bridgehead atoms. The van der Waals surface area contributed by atoms with Gasteiger partial charge in [-0.25, -0.2) is 0 Å². The normalized spacial score (nSPS) is 22.9. The molecule has 66 valence electrons. The molecule has 0 aliphatic heterocycles. The van der Waals surface area contributed by atoms with Gasteiger partial charge in [-0.05, 0) is 38.9 Å². The quantitative estimate of drug-likeness (QED) is 0.662. The van der Waals surface area contributed by atoms with Crippen molar-refractivity contribution in [3.05, 3.63) is 0 Å². The number of hydrogen-bond acceptors (Lipinski definition) is 2. The Morgan fingerprint density at radius 3 is 2.18 bits per heavy atom. The summed E-state index contributed by atoms with van der Waals surface area (Å²) in [5.74, 6) is 0. The van der Waals surface area contributed by atoms with Gasteiger partial charge in [-0.1, -0.05) is 12.8 Å². The van der Waals surface area contributed by atoms with Gasteiger partial charge in [0.15, 0.2) is 0 Å². The van der Waals surface area contributed by atoms with Crippen molar-refractivity contribution in [2.45, 2.75) is 25.7 Å². The van der Waals surface area contributed by atoms with Crippen LogP contribution in [0.2, 0.25) is 0 Å². The minimum Gasteiger partial charge on any atom is -0.330 e. The standard InChI is InChI=1S/C9H20N2/c1-11(2)8-9(7-10)5-3-4-6-9/h3-8,10H2,1-2H3. The summed E-state index contributed by atoms with van der Waals surface area (Å²) in [6.07, 6.45) is 5.43. The molecule has 1 fully saturated rings. The summed E-state index contributed by atoms with van der Waals surface area (Å²) >= 11 is 0. The molecule has 0 saturated heterocycles. The second-order valence-corrected chi connectivity index (χ2v) is 4.15. The zero-order chi connectivity index (χ0) is 8.32. The van der Waals surface area contributed by atoms with Gasteiger partial charge in [-0.3, -0.25) is 0 Å². The van der Waals surface area contributed by atoms with Crippen molar-refractivity contribution >= 4 is 0 Å². The lowest BCUT2D eigenvalue weighted by atomic mass is 9.86. The van der Waals surface area contributed by atoms with Crippen LogP contribution in [-0.2, 0) is 0 Å². The van der Waals surface area contributed by atoms with Crippen molar-refractivity contribution in [3.8, 4) is 0 Å². The highest BCUT2D eigenvalue weighted by Crippen LogP contribution is 2.37. The van der Waals surface area contributed by atoms with Gasteiger partial charge in [0.2, 0.25) is 0 Å². The Morgan fingerprint density at radius 2 is 1.82 bits per heavy atom. The van der Waals surface area contributed by atoms with E-state index >= 15 is 0 Å². The lowest BCUT2D eigenvalue weighted by molar-refractivity contribution is 0.209. The van der Waals surface area contributed by atoms with Crippen LogP contribution >= 0.6 is 0 Å². The van der Waals surface area contributed by atoms with Crippen LogP contribution in [0.1, 0.15) is 25.7 Å². The average Bonchev–Trinajstić information content (AvgIpc) is 2.36. The fraction of sp³-hybridized carbons (Fsp3) is 1.00. The minimum absolute atomic E-state index is 0.462. The van der Waals surface area contributed by atoms with E-state index in [4.69, 9.17) is 5.73 Å². The molecule has 1 saturated carbocycles. The molecule has 1 aliphatic carbocycles. The molecule has 0 spiro atoms. The van der Waals surface area contributed by atoms with Crippen LogP contribution < -0.4 is 5.73 Å². The Kier molecular flexibility index (Phi) is 2.90. The van der Waals surface area contributed by atoms with Crippen LogP contribution in [0.3, 0.4) is 0 Å². The molecule has 11 heavy (non-hydrogen) atoms. The predicted octanol–water partition coefficient (Wildman–Crippen LogP) is 1.07. The zero-order valence-electron chi connectivity index (χ0n) is 7.77. The molecule has 0 heterocycles. The summed E-state index contributed by atoms with van der Waals surface area (Å²) in [7, 11) is 4.27. The fourth-order valence-corrected chi connectivity index (χ4v) is 2.22. The van der Waals surface area contributed by atoms with Crippen LogP contribution in [0.5, 0.6) is 0 Å². The first-order chi connectivity index (χ1) is 5.18. The highest BCUT2D eigenvalue weighted by molar-refractivity contribution is 4.87. The molecule has 0 amide bonds. The summed E-state index contributed by atoms with van der Waals surface area (Å²) in [5.41, 5.74) is 6.25. The van der Waals surface area contributed by atoms with E-state index in [1.807, 2.05) is 0 Å². The highest BCUT2D eigenvalue weighted by Gasteiger charge is 2.32. The van der Waals surface area contributed by atoms with E-state index in [1.54, 1.807) is 0 Å². The van der Waals surface area contributed by atoms with Gasteiger partial charge in [0, 0.05) is 6.54 Å². The van der Waals surface area contributed by atoms with Crippen LogP contribution in [0.4, 0.5) is 0 Å². The van der Waals surface area contributed by atoms with Crippen molar-refractivity contribution in [1.82, 2.24) is 4.90 Å². The molecule has 0 aromatic heterocycles. The van der Waals surface area contributed by atoms with E-state index in [0.29, 0.717) is 5.41 Å². The Morgan fingerprint density at radius 1 is 1.27 bits per heavy atom. The summed E-state index contributed by atoms with van der Waals surface area (Å²) in [5, 5.41) is 0. The third-order valence-corrected chi connectivity index (χ3v) is 2.75. The number of nitrogens with zero attached hydrogens (tertiary/aromatic N) is 1. The first-order valence-corrected chi connectivity index (χ1v) is 4.53. The Balaban J connectivity index is 2.45. The lowest BCUT2D eigenvalue weighted by Crippen LogP contribution is -2.37. The molecule has 0 atom stereocenters. The monoisotopic (exact) mass is 156 g/mol. The van der Waals surface area contributed by atoms with E-state index < -0.39 is 0 Å². The number of rotatable bonds is 3. The van der Waals surface area contributed by atoms with Gasteiger partial charge in [0.05, 0.1) is 0 Å². The molecular weight excluding hydrogens is 136 g/mol. The smallest absolute Gasteiger partial charge is 0.00440 e. The summed E-state index contributed by atoms with van der Waals surface area (Å²) < 4.78 is 0. The first-order valence-electron chi connectivity index (χ1n) is 4.53. The van der Waals surface area contributed by atoms with Crippen molar-refractivity contribution in [3.63, 3.8) is 0 Å². The van der Waals surface area contributed by atoms with Crippen LogP contribution in [0.25, 0.3) is 0 Å². The maximum atomic E-state index is 5.79. The third-order valence-electron chi connectivity index (χ3n) is 2.75. The first kappa shape index (κ1) is 9.01. The Labute approximate surface area is 69.8 Å². The third kappa shape index (κ3) is 2.17. The molecule has 0 unspecified atom stereocenters. The molecule has 1 aliphatic rings. The zero-order valence-corrected chi connectivity index (χ0v) is 7.77. The largest absolute Gasteiger partial charge is 0.330 e. The SMILES string of the molecule is CN(C)CC1(CN)CCCC1. The second kappa shape index (κ2) is 3.55. The van der Waals surface area contributed by atoms with Crippen molar-refractivity contribution in [1.29, 1.82) is 0 Å². The van der Waals surface area contributed by atoms with E-state index in [1.165, 1.54) is 32.2 Å². The lowest BCUT2D eigenvalue weighted by Gasteiger charge is -2.30. The van der Waals surface area contributed by atoms with E-state index in [2.05, 4.69) is 19.0 Å². The molecule has 2 nitrogen and oxygen atoms in total. The molecule has 0 radical (unpaired) electrons.